The van der Waals surface area contributed by atoms with Gasteiger partial charge < -0.3 is 20.4 Å². The average Bonchev–Trinajstić information content (AvgIpc) is 0.722. The van der Waals surface area contributed by atoms with Crippen LogP contribution in [0, 0.1) is 0 Å². The molecule has 0 saturated carbocycles. The molecule has 0 aliphatic heterocycles. The molecule has 9 heteroatoms. The summed E-state index contributed by atoms with van der Waals surface area (Å²) in [5, 5.41) is 0. The number of rotatable bonds is 0. The van der Waals surface area contributed by atoms with Crippen LogP contribution in [0.15, 0.2) is 0 Å². The molecular weight excluding hydrogens is 219 g/mol. The molecule has 0 bridgehead atoms. The molecule has 0 rings (SSSR count). The van der Waals surface area contributed by atoms with Crippen molar-refractivity contribution >= 4 is 7.82 Å². The first kappa shape index (κ1) is 29.3. The van der Waals surface area contributed by atoms with E-state index < -0.39 is 7.82 Å². The van der Waals surface area contributed by atoms with Gasteiger partial charge in [0.25, 0.3) is 0 Å². The van der Waals surface area contributed by atoms with Gasteiger partial charge in [-0.05, 0) is 0 Å². The van der Waals surface area contributed by atoms with Crippen molar-refractivity contribution in [3.63, 3.8) is 0 Å². The van der Waals surface area contributed by atoms with Gasteiger partial charge in [-0.25, -0.2) is 4.57 Å². The smallest absolute Gasteiger partial charge is 1.00 e. The Morgan fingerprint density at radius 2 is 1.00 bits per heavy atom. The van der Waals surface area contributed by atoms with Crippen molar-refractivity contribution in [1.29, 1.82) is 0 Å². The summed E-state index contributed by atoms with van der Waals surface area (Å²) in [4.78, 5) is 21.6. The van der Waals surface area contributed by atoms with Crippen molar-refractivity contribution in [2.24, 2.45) is 0 Å². The van der Waals surface area contributed by atoms with Gasteiger partial charge in [-0.15, -0.1) is 0 Å². The fourth-order valence-electron chi connectivity index (χ4n) is 0. The minimum absolute atomic E-state index is 0. The summed E-state index contributed by atoms with van der Waals surface area (Å²) in [5.74, 6) is 0. The van der Waals surface area contributed by atoms with Gasteiger partial charge in [0.15, 0.2) is 0 Å². The van der Waals surface area contributed by atoms with E-state index in [0.29, 0.717) is 0 Å². The van der Waals surface area contributed by atoms with Crippen LogP contribution in [0.4, 0.5) is 0 Å². The molecule has 40 valence electrons. The van der Waals surface area contributed by atoms with Crippen LogP contribution in [0.3, 0.4) is 0 Å². The molecule has 0 aromatic carbocycles. The zero-order chi connectivity index (χ0) is 4.50. The van der Waals surface area contributed by atoms with Crippen LogP contribution in [-0.2, 0) is 4.57 Å². The maximum absolute atomic E-state index is 8.88. The summed E-state index contributed by atoms with van der Waals surface area (Å²) in [6.07, 6.45) is 0. The van der Waals surface area contributed by atoms with E-state index in [9.17, 15) is 0 Å². The van der Waals surface area contributed by atoms with Crippen molar-refractivity contribution in [3.05, 3.63) is 0 Å². The van der Waals surface area contributed by atoms with Crippen molar-refractivity contribution in [1.82, 2.24) is 0 Å². The van der Waals surface area contributed by atoms with Gasteiger partial charge in [0.2, 0.25) is 0 Å². The Hall–Kier alpha value is 5.62. The van der Waals surface area contributed by atoms with Crippen LogP contribution in [0.2, 0.25) is 0 Å². The first-order chi connectivity index (χ1) is 2.00. The molecule has 0 radical (unpaired) electrons. The summed E-state index contributed by atoms with van der Waals surface area (Å²) in [7, 11) is -4.64. The minimum atomic E-state index is -4.64. The quantitative estimate of drug-likeness (QED) is 0.283. The summed E-state index contributed by atoms with van der Waals surface area (Å²) in [6, 6.07) is 0. The average molecular weight is 226 g/mol. The van der Waals surface area contributed by atoms with Gasteiger partial charge in [-0.2, -0.15) is 0 Å². The molecule has 4 nitrogen and oxygen atoms in total. The minimum Gasteiger partial charge on any atom is -1.00 e. The van der Waals surface area contributed by atoms with E-state index in [0.717, 1.165) is 0 Å². The van der Waals surface area contributed by atoms with Gasteiger partial charge in [0.05, 0.1) is 0 Å². The van der Waals surface area contributed by atoms with Crippen LogP contribution in [0.25, 0.3) is 0 Å². The maximum Gasteiger partial charge on any atom is 1.00 e. The summed E-state index contributed by atoms with van der Waals surface area (Å²) >= 11 is 0. The molecule has 0 aliphatic carbocycles. The Kier molecular flexibility index (Phi) is 52.3. The third-order valence-corrected chi connectivity index (χ3v) is 0. The number of phosphoric acid groups is 1. The molecular formula is H7K3LiO4P. The molecule has 0 fully saturated rings. The Balaban J connectivity index is -0.00000000286. The molecule has 3 N–H and O–H groups in total. The van der Waals surface area contributed by atoms with Crippen molar-refractivity contribution in [2.75, 3.05) is 0 Å². The third kappa shape index (κ3) is 58.2. The molecule has 0 aromatic heterocycles. The Bertz CT molecular complexity index is 73.5. The van der Waals surface area contributed by atoms with E-state index >= 15 is 0 Å². The van der Waals surface area contributed by atoms with E-state index in [-0.39, 0.29) is 179 Å². The van der Waals surface area contributed by atoms with Crippen molar-refractivity contribution < 1.29 is 198 Å². The van der Waals surface area contributed by atoms with Crippen LogP contribution in [-0.4, -0.2) is 14.7 Å². The zero-order valence-electron chi connectivity index (χ0n) is 10.2. The second kappa shape index (κ2) is 16.1. The first-order valence-corrected chi connectivity index (χ1v) is 2.35. The van der Waals surface area contributed by atoms with E-state index in [2.05, 4.69) is 0 Å². The van der Waals surface area contributed by atoms with Gasteiger partial charge in [-0.1, -0.05) is 0 Å². The largest absolute Gasteiger partial charge is 1.00 e. The Morgan fingerprint density at radius 3 is 1.00 bits per heavy atom. The van der Waals surface area contributed by atoms with E-state index in [1.165, 1.54) is 0 Å². The standard InChI is InChI=1S/3K.Li.H3O4P.4H/c;;;;1-5(2,3)4;;;;/h;;;;(H3,1,2,3,4);;;;/q4*+1;;4*-1. The molecule has 0 unspecified atom stereocenters. The summed E-state index contributed by atoms with van der Waals surface area (Å²) in [6.45, 7) is 0. The Labute approximate surface area is 199 Å². The first-order valence-electron chi connectivity index (χ1n) is 0.783. The van der Waals surface area contributed by atoms with E-state index in [1.54, 1.807) is 0 Å². The second-order valence-corrected chi connectivity index (χ2v) is 1.54. The third-order valence-electron chi connectivity index (χ3n) is 0. The van der Waals surface area contributed by atoms with E-state index in [1.807, 2.05) is 0 Å². The van der Waals surface area contributed by atoms with Crippen LogP contribution >= 0.6 is 7.82 Å². The van der Waals surface area contributed by atoms with Gasteiger partial charge in [-0.3, -0.25) is 0 Å². The van der Waals surface area contributed by atoms with Gasteiger partial charge >= 0.3 is 181 Å². The van der Waals surface area contributed by atoms with Crippen LogP contribution < -0.4 is 173 Å². The molecule has 0 aliphatic rings. The fourth-order valence-corrected chi connectivity index (χ4v) is 0. The fraction of sp³-hybridized carbons (Fsp3) is 0. The monoisotopic (exact) mass is 226 g/mol. The molecule has 0 amide bonds. The molecule has 0 aromatic rings. The maximum atomic E-state index is 8.88. The molecule has 9 heavy (non-hydrogen) atoms. The topological polar surface area (TPSA) is 77.8 Å². The van der Waals surface area contributed by atoms with Gasteiger partial charge in [0.1, 0.15) is 0 Å². The summed E-state index contributed by atoms with van der Waals surface area (Å²) < 4.78 is 8.88. The molecule has 0 heterocycles. The second-order valence-electron chi connectivity index (χ2n) is 0.513. The van der Waals surface area contributed by atoms with Gasteiger partial charge in [0, 0.05) is 0 Å². The van der Waals surface area contributed by atoms with Crippen molar-refractivity contribution in [2.45, 2.75) is 0 Å². The molecule has 0 spiro atoms. The normalized spacial score (nSPS) is 6.56. The van der Waals surface area contributed by atoms with Crippen LogP contribution in [0.5, 0.6) is 0 Å². The van der Waals surface area contributed by atoms with Crippen LogP contribution in [0.1, 0.15) is 5.71 Å². The number of hydrogen-bond acceptors (Lipinski definition) is 1. The Morgan fingerprint density at radius 1 is 1.00 bits per heavy atom. The van der Waals surface area contributed by atoms with E-state index in [4.69, 9.17) is 19.2 Å². The zero-order valence-corrected chi connectivity index (χ0v) is 16.5. The predicted octanol–water partition coefficient (Wildman–Crippen LogP) is -12.5. The molecule has 0 atom stereocenters. The summed E-state index contributed by atoms with van der Waals surface area (Å²) in [5.41, 5.74) is 0. The SMILES string of the molecule is O=P(O)(O)O.[H-].[H-].[H-].[H-].[K+].[K+].[K+].[Li+]. The number of hydrogen-bond donors (Lipinski definition) is 3. The predicted molar refractivity (Wildman–Crippen MR) is 18.7 cm³/mol. The van der Waals surface area contributed by atoms with Crippen molar-refractivity contribution in [3.8, 4) is 0 Å². The molecule has 0 saturated heterocycles.